The summed E-state index contributed by atoms with van der Waals surface area (Å²) >= 11 is 0. The molecule has 3 heterocycles. The number of anilines is 1. The van der Waals surface area contributed by atoms with E-state index in [1.54, 1.807) is 38.1 Å². The van der Waals surface area contributed by atoms with E-state index in [2.05, 4.69) is 15.0 Å². The molecule has 1 N–H and O–H groups in total. The first-order valence-corrected chi connectivity index (χ1v) is 10.4. The summed E-state index contributed by atoms with van der Waals surface area (Å²) in [5.74, 6) is 0.939. The van der Waals surface area contributed by atoms with E-state index in [4.69, 9.17) is 4.74 Å². The number of hydrogen-bond donors (Lipinski definition) is 1. The molecule has 1 aromatic carbocycles. The monoisotopic (exact) mass is 408 g/mol. The number of carbonyl (C=O) groups excluding carboxylic acids is 1. The van der Waals surface area contributed by atoms with Crippen molar-refractivity contribution in [2.45, 2.75) is 39.2 Å². The Hall–Kier alpha value is -2.77. The highest BCUT2D eigenvalue weighted by Gasteiger charge is 2.19. The van der Waals surface area contributed by atoms with Crippen LogP contribution in [0.2, 0.25) is 0 Å². The van der Waals surface area contributed by atoms with E-state index in [0.29, 0.717) is 12.2 Å². The maximum Gasteiger partial charge on any atom is 0.168 e. The Morgan fingerprint density at radius 3 is 2.67 bits per heavy atom. The molecule has 7 nitrogen and oxygen atoms in total. The van der Waals surface area contributed by atoms with E-state index in [9.17, 15) is 9.90 Å². The number of hydrogen-bond acceptors (Lipinski definition) is 6. The summed E-state index contributed by atoms with van der Waals surface area (Å²) in [6.45, 7) is 8.49. The van der Waals surface area contributed by atoms with Crippen LogP contribution in [0.4, 0.5) is 5.82 Å². The van der Waals surface area contributed by atoms with Crippen LogP contribution in [0.15, 0.2) is 36.4 Å². The third-order valence-electron chi connectivity index (χ3n) is 5.38. The highest BCUT2D eigenvalue weighted by molar-refractivity contribution is 5.97. The highest BCUT2D eigenvalue weighted by Crippen LogP contribution is 2.22. The van der Waals surface area contributed by atoms with Crippen LogP contribution in [-0.4, -0.2) is 51.8 Å². The lowest BCUT2D eigenvalue weighted by Gasteiger charge is -2.23. The van der Waals surface area contributed by atoms with Crippen LogP contribution in [0.25, 0.3) is 5.65 Å². The van der Waals surface area contributed by atoms with Crippen LogP contribution in [0.1, 0.15) is 47.6 Å². The Balaban J connectivity index is 1.63. The lowest BCUT2D eigenvalue weighted by Crippen LogP contribution is -2.28. The fourth-order valence-corrected chi connectivity index (χ4v) is 3.75. The normalized spacial score (nSPS) is 15.4. The molecule has 2 aromatic heterocycles. The molecule has 7 heteroatoms. The van der Waals surface area contributed by atoms with Crippen molar-refractivity contribution in [2.24, 2.45) is 0 Å². The maximum absolute atomic E-state index is 12.9. The molecule has 0 spiro atoms. The van der Waals surface area contributed by atoms with Crippen molar-refractivity contribution < 1.29 is 14.6 Å². The standard InChI is InChI=1S/C23H28N4O3/c1-16-13-21-24-19(14-20(28)17-5-7-18(8-6-17)23(2,3)29)15-22(27(21)25-16)26-9-4-11-30-12-10-26/h5-8,13,15,29H,4,9-12,14H2,1-3H3. The van der Waals surface area contributed by atoms with Gasteiger partial charge in [0.1, 0.15) is 5.82 Å². The molecule has 0 atom stereocenters. The van der Waals surface area contributed by atoms with Gasteiger partial charge >= 0.3 is 0 Å². The average Bonchev–Trinajstić information content (AvgIpc) is 2.90. The number of nitrogens with zero attached hydrogens (tertiary/aromatic N) is 4. The first kappa shape index (κ1) is 20.5. The minimum Gasteiger partial charge on any atom is -0.386 e. The minimum absolute atomic E-state index is 0.00414. The number of benzene rings is 1. The van der Waals surface area contributed by atoms with E-state index >= 15 is 0 Å². The van der Waals surface area contributed by atoms with Gasteiger partial charge in [-0.05, 0) is 32.8 Å². The molecule has 1 aliphatic heterocycles. The van der Waals surface area contributed by atoms with Crippen molar-refractivity contribution >= 4 is 17.2 Å². The molecule has 4 rings (SSSR count). The molecule has 0 amide bonds. The zero-order valence-electron chi connectivity index (χ0n) is 17.8. The van der Waals surface area contributed by atoms with E-state index in [-0.39, 0.29) is 12.2 Å². The van der Waals surface area contributed by atoms with Gasteiger partial charge < -0.3 is 14.7 Å². The second-order valence-corrected chi connectivity index (χ2v) is 8.35. The number of rotatable bonds is 5. The summed E-state index contributed by atoms with van der Waals surface area (Å²) in [6, 6.07) is 11.0. The fourth-order valence-electron chi connectivity index (χ4n) is 3.75. The third-order valence-corrected chi connectivity index (χ3v) is 5.38. The van der Waals surface area contributed by atoms with E-state index < -0.39 is 5.60 Å². The Morgan fingerprint density at radius 2 is 1.93 bits per heavy atom. The molecule has 1 aliphatic rings. The number of aliphatic hydroxyl groups is 1. The van der Waals surface area contributed by atoms with Gasteiger partial charge in [0.2, 0.25) is 0 Å². The van der Waals surface area contributed by atoms with Crippen LogP contribution >= 0.6 is 0 Å². The van der Waals surface area contributed by atoms with Gasteiger partial charge in [-0.1, -0.05) is 24.3 Å². The minimum atomic E-state index is -0.931. The van der Waals surface area contributed by atoms with Crippen LogP contribution in [0.3, 0.4) is 0 Å². The Morgan fingerprint density at radius 1 is 1.17 bits per heavy atom. The number of carbonyl (C=O) groups is 1. The van der Waals surface area contributed by atoms with Gasteiger partial charge in [-0.15, -0.1) is 0 Å². The number of aromatic nitrogens is 3. The average molecular weight is 409 g/mol. The summed E-state index contributed by atoms with van der Waals surface area (Å²) in [7, 11) is 0. The highest BCUT2D eigenvalue weighted by atomic mass is 16.5. The number of fused-ring (bicyclic) bond motifs is 1. The SMILES string of the molecule is Cc1cc2nc(CC(=O)c3ccc(C(C)(C)O)cc3)cc(N3CCCOCC3)n2n1. The summed E-state index contributed by atoms with van der Waals surface area (Å²) in [4.78, 5) is 19.8. The Labute approximate surface area is 176 Å². The van der Waals surface area contributed by atoms with Crippen molar-refractivity contribution in [1.29, 1.82) is 0 Å². The molecule has 1 fully saturated rings. The molecule has 158 valence electrons. The van der Waals surface area contributed by atoms with Gasteiger partial charge in [0, 0.05) is 37.4 Å². The summed E-state index contributed by atoms with van der Waals surface area (Å²) < 4.78 is 7.44. The summed E-state index contributed by atoms with van der Waals surface area (Å²) in [5, 5.41) is 14.7. The van der Waals surface area contributed by atoms with Crippen molar-refractivity contribution in [3.63, 3.8) is 0 Å². The Kier molecular flexibility index (Phi) is 5.58. The van der Waals surface area contributed by atoms with Gasteiger partial charge in [-0.2, -0.15) is 9.61 Å². The molecule has 0 bridgehead atoms. The maximum atomic E-state index is 12.9. The smallest absolute Gasteiger partial charge is 0.168 e. The summed E-state index contributed by atoms with van der Waals surface area (Å²) in [5.41, 5.74) is 2.81. The van der Waals surface area contributed by atoms with Gasteiger partial charge in [-0.3, -0.25) is 4.79 Å². The van der Waals surface area contributed by atoms with Gasteiger partial charge in [-0.25, -0.2) is 4.98 Å². The molecule has 1 saturated heterocycles. The van der Waals surface area contributed by atoms with Crippen LogP contribution in [0.5, 0.6) is 0 Å². The molecule has 30 heavy (non-hydrogen) atoms. The lowest BCUT2D eigenvalue weighted by molar-refractivity contribution is 0.0784. The predicted octanol–water partition coefficient (Wildman–Crippen LogP) is 2.92. The molecule has 0 saturated carbocycles. The lowest BCUT2D eigenvalue weighted by atomic mass is 9.96. The molecule has 0 aliphatic carbocycles. The van der Waals surface area contributed by atoms with Crippen LogP contribution in [0, 0.1) is 6.92 Å². The van der Waals surface area contributed by atoms with Crippen molar-refractivity contribution in [3.8, 4) is 0 Å². The predicted molar refractivity (Wildman–Crippen MR) is 115 cm³/mol. The number of Topliss-reactive ketones (excluding diaryl/α,β-unsaturated/α-hetero) is 1. The van der Waals surface area contributed by atoms with E-state index in [0.717, 1.165) is 54.5 Å². The molecular formula is C23H28N4O3. The molecule has 0 radical (unpaired) electrons. The molecular weight excluding hydrogens is 380 g/mol. The number of ether oxygens (including phenoxy) is 1. The van der Waals surface area contributed by atoms with Gasteiger partial charge in [0.05, 0.1) is 30.0 Å². The number of ketones is 1. The first-order valence-electron chi connectivity index (χ1n) is 10.4. The number of aryl methyl sites for hydroxylation is 1. The van der Waals surface area contributed by atoms with Crippen molar-refractivity contribution in [2.75, 3.05) is 31.2 Å². The largest absolute Gasteiger partial charge is 0.386 e. The quantitative estimate of drug-likeness (QED) is 0.654. The van der Waals surface area contributed by atoms with Crippen molar-refractivity contribution in [3.05, 3.63) is 58.9 Å². The van der Waals surface area contributed by atoms with E-state index in [1.807, 2.05) is 23.6 Å². The summed E-state index contributed by atoms with van der Waals surface area (Å²) in [6.07, 6.45) is 1.16. The Bertz CT molecular complexity index is 1040. The zero-order valence-corrected chi connectivity index (χ0v) is 17.8. The molecule has 3 aromatic rings. The first-order chi connectivity index (χ1) is 14.3. The van der Waals surface area contributed by atoms with Gasteiger partial charge in [0.15, 0.2) is 11.4 Å². The van der Waals surface area contributed by atoms with E-state index in [1.165, 1.54) is 0 Å². The van der Waals surface area contributed by atoms with Crippen LogP contribution < -0.4 is 4.90 Å². The van der Waals surface area contributed by atoms with Crippen molar-refractivity contribution in [1.82, 2.24) is 14.6 Å². The fraction of sp³-hybridized carbons (Fsp3) is 0.435. The zero-order chi connectivity index (χ0) is 21.3. The third kappa shape index (κ3) is 4.37. The van der Waals surface area contributed by atoms with Gasteiger partial charge in [0.25, 0.3) is 0 Å². The second-order valence-electron chi connectivity index (χ2n) is 8.35. The van der Waals surface area contributed by atoms with Crippen LogP contribution in [-0.2, 0) is 16.8 Å². The molecule has 0 unspecified atom stereocenters. The topological polar surface area (TPSA) is 80.0 Å². The second kappa shape index (κ2) is 8.16.